The van der Waals surface area contributed by atoms with E-state index in [1.165, 1.54) is 19.3 Å². The van der Waals surface area contributed by atoms with Gasteiger partial charge in [0.25, 0.3) is 0 Å². The molecule has 2 nitrogen and oxygen atoms in total. The molecule has 2 saturated heterocycles. The molecule has 2 aliphatic rings. The first-order valence-electron chi connectivity index (χ1n) is 4.21. The van der Waals surface area contributed by atoms with Gasteiger partial charge in [0.05, 0.1) is 5.60 Å². The molecule has 2 heteroatoms. The minimum absolute atomic E-state index is 0.236. The summed E-state index contributed by atoms with van der Waals surface area (Å²) < 4.78 is 5.75. The topological polar surface area (TPSA) is 21.3 Å². The van der Waals surface area contributed by atoms with Crippen LogP contribution in [-0.4, -0.2) is 24.8 Å². The predicted molar refractivity (Wildman–Crippen MR) is 40.0 cm³/mol. The molecular formula is C8H15NO. The van der Waals surface area contributed by atoms with E-state index in [2.05, 4.69) is 12.2 Å². The Bertz CT molecular complexity index is 124. The first kappa shape index (κ1) is 6.62. The van der Waals surface area contributed by atoms with Crippen LogP contribution >= 0.6 is 0 Å². The molecule has 0 bridgehead atoms. The Morgan fingerprint density at radius 1 is 1.50 bits per heavy atom. The van der Waals surface area contributed by atoms with Crippen LogP contribution in [0.5, 0.6) is 0 Å². The largest absolute Gasteiger partial charge is 0.373 e. The smallest absolute Gasteiger partial charge is 0.0844 e. The van der Waals surface area contributed by atoms with E-state index in [-0.39, 0.29) is 5.60 Å². The molecule has 1 spiro atoms. The van der Waals surface area contributed by atoms with Gasteiger partial charge in [0.1, 0.15) is 0 Å². The second kappa shape index (κ2) is 2.21. The second-order valence-electron chi connectivity index (χ2n) is 3.44. The van der Waals surface area contributed by atoms with Gasteiger partial charge in [-0.2, -0.15) is 0 Å². The van der Waals surface area contributed by atoms with Crippen LogP contribution in [0.3, 0.4) is 0 Å². The van der Waals surface area contributed by atoms with Crippen molar-refractivity contribution in [1.82, 2.24) is 5.32 Å². The molecular weight excluding hydrogens is 126 g/mol. The number of nitrogens with one attached hydrogen (secondary N) is 1. The fraction of sp³-hybridized carbons (Fsp3) is 1.00. The molecule has 58 valence electrons. The van der Waals surface area contributed by atoms with Crippen LogP contribution < -0.4 is 5.32 Å². The van der Waals surface area contributed by atoms with Crippen LogP contribution in [0.4, 0.5) is 0 Å². The minimum atomic E-state index is 0.236. The summed E-state index contributed by atoms with van der Waals surface area (Å²) in [5.41, 5.74) is 0.236. The highest BCUT2D eigenvalue weighted by Crippen LogP contribution is 2.35. The second-order valence-corrected chi connectivity index (χ2v) is 3.44. The monoisotopic (exact) mass is 141 g/mol. The Morgan fingerprint density at radius 2 is 2.40 bits per heavy atom. The number of hydrogen-bond donors (Lipinski definition) is 1. The van der Waals surface area contributed by atoms with E-state index in [9.17, 15) is 0 Å². The third kappa shape index (κ3) is 0.789. The van der Waals surface area contributed by atoms with E-state index in [4.69, 9.17) is 4.74 Å². The average molecular weight is 141 g/mol. The van der Waals surface area contributed by atoms with Gasteiger partial charge in [0.2, 0.25) is 0 Å². The Hall–Kier alpha value is -0.0800. The van der Waals surface area contributed by atoms with Crippen LogP contribution in [0.2, 0.25) is 0 Å². The Morgan fingerprint density at radius 3 is 2.90 bits per heavy atom. The summed E-state index contributed by atoms with van der Waals surface area (Å²) in [4.78, 5) is 0. The number of ether oxygens (including phenoxy) is 1. The third-order valence-corrected chi connectivity index (χ3v) is 2.92. The van der Waals surface area contributed by atoms with Crippen molar-refractivity contribution in [2.45, 2.75) is 37.8 Å². The van der Waals surface area contributed by atoms with Crippen LogP contribution in [0.1, 0.15) is 26.2 Å². The Balaban J connectivity index is 2.11. The van der Waals surface area contributed by atoms with E-state index in [1.54, 1.807) is 0 Å². The molecule has 0 saturated carbocycles. The highest BCUT2D eigenvalue weighted by Gasteiger charge is 2.43. The summed E-state index contributed by atoms with van der Waals surface area (Å²) in [5, 5.41) is 3.43. The van der Waals surface area contributed by atoms with E-state index >= 15 is 0 Å². The first-order chi connectivity index (χ1) is 4.83. The highest BCUT2D eigenvalue weighted by molar-refractivity contribution is 4.99. The van der Waals surface area contributed by atoms with Gasteiger partial charge in [0, 0.05) is 12.6 Å². The summed E-state index contributed by atoms with van der Waals surface area (Å²) in [7, 11) is 0. The number of rotatable bonds is 0. The van der Waals surface area contributed by atoms with Crippen molar-refractivity contribution in [2.75, 3.05) is 13.2 Å². The maximum absolute atomic E-state index is 5.75. The molecule has 0 radical (unpaired) electrons. The van der Waals surface area contributed by atoms with Crippen molar-refractivity contribution in [1.29, 1.82) is 0 Å². The summed E-state index contributed by atoms with van der Waals surface area (Å²) >= 11 is 0. The van der Waals surface area contributed by atoms with Crippen LogP contribution in [0.25, 0.3) is 0 Å². The average Bonchev–Trinajstić information content (AvgIpc) is 2.48. The fourth-order valence-electron chi connectivity index (χ4n) is 2.16. The van der Waals surface area contributed by atoms with Gasteiger partial charge in [0.15, 0.2) is 0 Å². The fourth-order valence-corrected chi connectivity index (χ4v) is 2.16. The minimum Gasteiger partial charge on any atom is -0.373 e. The molecule has 2 heterocycles. The Labute approximate surface area is 61.9 Å². The molecule has 0 aliphatic carbocycles. The zero-order valence-electron chi connectivity index (χ0n) is 6.52. The molecule has 2 fully saturated rings. The van der Waals surface area contributed by atoms with Crippen molar-refractivity contribution >= 4 is 0 Å². The van der Waals surface area contributed by atoms with E-state index < -0.39 is 0 Å². The molecule has 0 aromatic heterocycles. The zero-order chi connectivity index (χ0) is 7.03. The number of hydrogen-bond acceptors (Lipinski definition) is 2. The molecule has 0 aromatic rings. The predicted octanol–water partition coefficient (Wildman–Crippen LogP) is 0.917. The van der Waals surface area contributed by atoms with Gasteiger partial charge in [-0.3, -0.25) is 0 Å². The van der Waals surface area contributed by atoms with Crippen LogP contribution in [-0.2, 0) is 4.74 Å². The van der Waals surface area contributed by atoms with Crippen molar-refractivity contribution in [3.63, 3.8) is 0 Å². The van der Waals surface area contributed by atoms with Crippen molar-refractivity contribution in [3.05, 3.63) is 0 Å². The van der Waals surface area contributed by atoms with Crippen molar-refractivity contribution in [2.24, 2.45) is 0 Å². The van der Waals surface area contributed by atoms with Gasteiger partial charge in [-0.05, 0) is 32.7 Å². The van der Waals surface area contributed by atoms with Gasteiger partial charge >= 0.3 is 0 Å². The van der Waals surface area contributed by atoms with Gasteiger partial charge in [-0.1, -0.05) is 0 Å². The third-order valence-electron chi connectivity index (χ3n) is 2.92. The van der Waals surface area contributed by atoms with Crippen LogP contribution in [0.15, 0.2) is 0 Å². The van der Waals surface area contributed by atoms with E-state index in [0.717, 1.165) is 13.2 Å². The lowest BCUT2D eigenvalue weighted by Gasteiger charge is -2.26. The molecule has 2 rings (SSSR count). The lowest BCUT2D eigenvalue weighted by atomic mass is 9.93. The van der Waals surface area contributed by atoms with Crippen molar-refractivity contribution < 1.29 is 4.74 Å². The summed E-state index contributed by atoms with van der Waals surface area (Å²) in [6.07, 6.45) is 3.74. The van der Waals surface area contributed by atoms with Crippen molar-refractivity contribution in [3.8, 4) is 0 Å². The molecule has 0 aromatic carbocycles. The van der Waals surface area contributed by atoms with Gasteiger partial charge in [-0.25, -0.2) is 0 Å². The summed E-state index contributed by atoms with van der Waals surface area (Å²) in [6.45, 7) is 4.35. The maximum atomic E-state index is 5.75. The standard InChI is InChI=1S/C8H15NO/c1-7-8(4-5-9-7)3-2-6-10-8/h7,9H,2-6H2,1H3. The van der Waals surface area contributed by atoms with Gasteiger partial charge in [-0.15, -0.1) is 0 Å². The molecule has 2 aliphatic heterocycles. The van der Waals surface area contributed by atoms with E-state index in [1.807, 2.05) is 0 Å². The molecule has 1 N–H and O–H groups in total. The van der Waals surface area contributed by atoms with Crippen LogP contribution in [0, 0.1) is 0 Å². The summed E-state index contributed by atoms with van der Waals surface area (Å²) in [6, 6.07) is 0.579. The molecule has 2 atom stereocenters. The molecule has 10 heavy (non-hydrogen) atoms. The SMILES string of the molecule is CC1NCCC12CCCO2. The maximum Gasteiger partial charge on any atom is 0.0844 e. The quantitative estimate of drug-likeness (QED) is 0.541. The Kier molecular flexibility index (Phi) is 1.46. The summed E-state index contributed by atoms with van der Waals surface area (Å²) in [5.74, 6) is 0. The highest BCUT2D eigenvalue weighted by atomic mass is 16.5. The lowest BCUT2D eigenvalue weighted by molar-refractivity contribution is -0.00101. The lowest BCUT2D eigenvalue weighted by Crippen LogP contribution is -2.39. The molecule has 0 amide bonds. The normalized spacial score (nSPS) is 47.1. The van der Waals surface area contributed by atoms with Gasteiger partial charge < -0.3 is 10.1 Å². The zero-order valence-corrected chi connectivity index (χ0v) is 6.52. The molecule has 2 unspecified atom stereocenters. The first-order valence-corrected chi connectivity index (χ1v) is 4.21. The van der Waals surface area contributed by atoms with E-state index in [0.29, 0.717) is 6.04 Å².